The Morgan fingerprint density at radius 1 is 1.36 bits per heavy atom. The molecule has 1 aliphatic heterocycles. The summed E-state index contributed by atoms with van der Waals surface area (Å²) >= 11 is 0. The van der Waals surface area contributed by atoms with E-state index in [9.17, 15) is 14.7 Å². The standard InChI is InChI=1S/C18H27N3O4/c1-11(2)15(20-16(23)12-5-3-6-12)17-19-14(10-25-17)18(24)21-8-4-7-13(21)9-22/h10-13,15,22H,3-9H2,1-2H3,(H,20,23)/t13-,15-/m0/s1. The average Bonchev–Trinajstić information content (AvgIpc) is 3.18. The SMILES string of the molecule is CC(C)[C@H](NC(=O)C1CCC1)c1nc(C(=O)N2CCC[C@H]2CO)co1. The second kappa shape index (κ2) is 7.56. The molecule has 2 aliphatic rings. The topological polar surface area (TPSA) is 95.7 Å². The maximum Gasteiger partial charge on any atom is 0.276 e. The van der Waals surface area contributed by atoms with Crippen LogP contribution in [0.4, 0.5) is 0 Å². The summed E-state index contributed by atoms with van der Waals surface area (Å²) in [6.45, 7) is 4.56. The largest absolute Gasteiger partial charge is 0.446 e. The van der Waals surface area contributed by atoms with Crippen molar-refractivity contribution in [2.45, 2.75) is 58.0 Å². The number of aliphatic hydroxyl groups is 1. The minimum Gasteiger partial charge on any atom is -0.446 e. The van der Waals surface area contributed by atoms with Crippen LogP contribution in [-0.2, 0) is 4.79 Å². The van der Waals surface area contributed by atoms with Crippen molar-refractivity contribution in [1.82, 2.24) is 15.2 Å². The second-order valence-electron chi connectivity index (χ2n) is 7.41. The van der Waals surface area contributed by atoms with Gasteiger partial charge in [0.15, 0.2) is 5.69 Å². The molecule has 0 aromatic carbocycles. The zero-order chi connectivity index (χ0) is 18.0. The Balaban J connectivity index is 1.71. The summed E-state index contributed by atoms with van der Waals surface area (Å²) in [7, 11) is 0. The minimum absolute atomic E-state index is 0.0379. The van der Waals surface area contributed by atoms with Gasteiger partial charge in [-0.2, -0.15) is 0 Å². The highest BCUT2D eigenvalue weighted by Crippen LogP contribution is 2.29. The first kappa shape index (κ1) is 17.9. The minimum atomic E-state index is -0.345. The lowest BCUT2D eigenvalue weighted by Gasteiger charge is -2.27. The van der Waals surface area contributed by atoms with E-state index in [4.69, 9.17) is 4.42 Å². The van der Waals surface area contributed by atoms with Gasteiger partial charge in [0.2, 0.25) is 11.8 Å². The molecule has 1 aromatic rings. The molecule has 138 valence electrons. The first-order valence-corrected chi connectivity index (χ1v) is 9.19. The third kappa shape index (κ3) is 3.71. The maximum atomic E-state index is 12.6. The Bertz CT molecular complexity index is 624. The fourth-order valence-corrected chi connectivity index (χ4v) is 3.42. The molecule has 2 atom stereocenters. The summed E-state index contributed by atoms with van der Waals surface area (Å²) in [4.78, 5) is 30.9. The molecule has 1 aromatic heterocycles. The van der Waals surface area contributed by atoms with Crippen molar-refractivity contribution < 1.29 is 19.1 Å². The van der Waals surface area contributed by atoms with E-state index in [1.165, 1.54) is 6.26 Å². The third-order valence-corrected chi connectivity index (χ3v) is 5.30. The van der Waals surface area contributed by atoms with Crippen molar-refractivity contribution in [3.05, 3.63) is 17.8 Å². The molecule has 0 radical (unpaired) electrons. The third-order valence-electron chi connectivity index (χ3n) is 5.30. The van der Waals surface area contributed by atoms with Gasteiger partial charge in [-0.3, -0.25) is 9.59 Å². The lowest BCUT2D eigenvalue weighted by atomic mass is 9.84. The van der Waals surface area contributed by atoms with Gasteiger partial charge in [-0.1, -0.05) is 20.3 Å². The molecule has 2 fully saturated rings. The number of aromatic nitrogens is 1. The molecule has 1 saturated carbocycles. The highest BCUT2D eigenvalue weighted by Gasteiger charge is 2.33. The van der Waals surface area contributed by atoms with Crippen molar-refractivity contribution in [2.75, 3.05) is 13.2 Å². The van der Waals surface area contributed by atoms with Gasteiger partial charge in [0.05, 0.1) is 12.6 Å². The molecule has 7 nitrogen and oxygen atoms in total. The molecule has 0 bridgehead atoms. The highest BCUT2D eigenvalue weighted by molar-refractivity contribution is 5.92. The zero-order valence-corrected chi connectivity index (χ0v) is 14.9. The summed E-state index contributed by atoms with van der Waals surface area (Å²) in [6, 6.07) is -0.492. The number of hydrogen-bond acceptors (Lipinski definition) is 5. The smallest absolute Gasteiger partial charge is 0.276 e. The Morgan fingerprint density at radius 3 is 2.72 bits per heavy atom. The number of hydrogen-bond donors (Lipinski definition) is 2. The Morgan fingerprint density at radius 2 is 2.12 bits per heavy atom. The van der Waals surface area contributed by atoms with Crippen molar-refractivity contribution >= 4 is 11.8 Å². The van der Waals surface area contributed by atoms with E-state index in [0.29, 0.717) is 12.4 Å². The first-order chi connectivity index (χ1) is 12.0. The number of nitrogens with zero attached hydrogens (tertiary/aromatic N) is 2. The van der Waals surface area contributed by atoms with Crippen LogP contribution in [0.1, 0.15) is 68.4 Å². The molecule has 3 rings (SSSR count). The zero-order valence-electron chi connectivity index (χ0n) is 14.9. The van der Waals surface area contributed by atoms with Crippen molar-refractivity contribution in [3.63, 3.8) is 0 Å². The fraction of sp³-hybridized carbons (Fsp3) is 0.722. The number of likely N-dealkylation sites (tertiary alicyclic amines) is 1. The van der Waals surface area contributed by atoms with E-state index >= 15 is 0 Å². The molecular formula is C18H27N3O4. The molecule has 0 unspecified atom stereocenters. The van der Waals surface area contributed by atoms with Gasteiger partial charge >= 0.3 is 0 Å². The van der Waals surface area contributed by atoms with Crippen LogP contribution < -0.4 is 5.32 Å². The lowest BCUT2D eigenvalue weighted by Crippen LogP contribution is -2.39. The van der Waals surface area contributed by atoms with E-state index in [0.717, 1.165) is 32.1 Å². The highest BCUT2D eigenvalue weighted by atomic mass is 16.3. The number of amides is 2. The monoisotopic (exact) mass is 349 g/mol. The van der Waals surface area contributed by atoms with E-state index in [2.05, 4.69) is 10.3 Å². The molecular weight excluding hydrogens is 322 g/mol. The first-order valence-electron chi connectivity index (χ1n) is 9.19. The fourth-order valence-electron chi connectivity index (χ4n) is 3.42. The molecule has 2 N–H and O–H groups in total. The Kier molecular flexibility index (Phi) is 5.42. The summed E-state index contributed by atoms with van der Waals surface area (Å²) in [5, 5.41) is 12.4. The van der Waals surface area contributed by atoms with Crippen LogP contribution in [0.25, 0.3) is 0 Å². The van der Waals surface area contributed by atoms with E-state index < -0.39 is 0 Å². The number of aliphatic hydroxyl groups excluding tert-OH is 1. The molecule has 1 saturated heterocycles. The molecule has 25 heavy (non-hydrogen) atoms. The quantitative estimate of drug-likeness (QED) is 0.817. The van der Waals surface area contributed by atoms with Crippen LogP contribution in [-0.4, -0.2) is 46.0 Å². The van der Waals surface area contributed by atoms with Crippen molar-refractivity contribution in [1.29, 1.82) is 0 Å². The van der Waals surface area contributed by atoms with E-state index in [1.807, 2.05) is 13.8 Å². The van der Waals surface area contributed by atoms with Gasteiger partial charge in [0.25, 0.3) is 5.91 Å². The Hall–Kier alpha value is -1.89. The second-order valence-corrected chi connectivity index (χ2v) is 7.41. The Labute approximate surface area is 147 Å². The number of carbonyl (C=O) groups excluding carboxylic acids is 2. The van der Waals surface area contributed by atoms with Crippen LogP contribution in [0.5, 0.6) is 0 Å². The van der Waals surface area contributed by atoms with Gasteiger partial charge in [0.1, 0.15) is 12.3 Å². The van der Waals surface area contributed by atoms with Crippen LogP contribution >= 0.6 is 0 Å². The summed E-state index contributed by atoms with van der Waals surface area (Å²) in [5.74, 6) is 0.371. The number of rotatable bonds is 6. The predicted octanol–water partition coefficient (Wildman–Crippen LogP) is 1.88. The molecule has 2 amide bonds. The predicted molar refractivity (Wildman–Crippen MR) is 90.7 cm³/mol. The van der Waals surface area contributed by atoms with Crippen molar-refractivity contribution in [3.8, 4) is 0 Å². The lowest BCUT2D eigenvalue weighted by molar-refractivity contribution is -0.128. The average molecular weight is 349 g/mol. The van der Waals surface area contributed by atoms with Crippen LogP contribution in [0, 0.1) is 11.8 Å². The molecule has 1 aliphatic carbocycles. The van der Waals surface area contributed by atoms with Gasteiger partial charge < -0.3 is 19.7 Å². The molecule has 7 heteroatoms. The van der Waals surface area contributed by atoms with E-state index in [-0.39, 0.29) is 48.0 Å². The normalized spacial score (nSPS) is 22.1. The van der Waals surface area contributed by atoms with Gasteiger partial charge in [-0.25, -0.2) is 4.98 Å². The summed E-state index contributed by atoms with van der Waals surface area (Å²) in [5.41, 5.74) is 0.235. The van der Waals surface area contributed by atoms with Gasteiger partial charge in [-0.15, -0.1) is 0 Å². The van der Waals surface area contributed by atoms with Crippen LogP contribution in [0.2, 0.25) is 0 Å². The number of oxazole rings is 1. The number of carbonyl (C=O) groups is 2. The summed E-state index contributed by atoms with van der Waals surface area (Å²) in [6.07, 6.45) is 6.01. The van der Waals surface area contributed by atoms with Crippen LogP contribution in [0.3, 0.4) is 0 Å². The van der Waals surface area contributed by atoms with Gasteiger partial charge in [0, 0.05) is 12.5 Å². The summed E-state index contributed by atoms with van der Waals surface area (Å²) < 4.78 is 5.53. The van der Waals surface area contributed by atoms with Gasteiger partial charge in [-0.05, 0) is 31.6 Å². The van der Waals surface area contributed by atoms with Crippen molar-refractivity contribution in [2.24, 2.45) is 11.8 Å². The van der Waals surface area contributed by atoms with Crippen LogP contribution in [0.15, 0.2) is 10.7 Å². The molecule has 0 spiro atoms. The number of nitrogens with one attached hydrogen (secondary N) is 1. The maximum absolute atomic E-state index is 12.6. The molecule has 2 heterocycles. The van der Waals surface area contributed by atoms with E-state index in [1.54, 1.807) is 4.90 Å².